The largest absolute Gasteiger partial charge is 0.466 e. The Labute approximate surface area is 101 Å². The molecule has 1 rings (SSSR count). The Balaban J connectivity index is 3.19. The second-order valence-electron chi connectivity index (χ2n) is 3.35. The summed E-state index contributed by atoms with van der Waals surface area (Å²) in [5.74, 6) is -0.699. The predicted octanol–water partition coefficient (Wildman–Crippen LogP) is 1.29. The molecule has 0 unspecified atom stereocenters. The molecule has 1 heterocycles. The number of nitrogens with zero attached hydrogens (tertiary/aromatic N) is 1. The molecule has 1 N–H and O–H groups in total. The van der Waals surface area contributed by atoms with E-state index in [1.165, 1.54) is 0 Å². The Morgan fingerprint density at radius 2 is 2.28 bits per heavy atom. The van der Waals surface area contributed by atoms with Crippen molar-refractivity contribution < 1.29 is 18.3 Å². The Hall–Kier alpha value is -2.23. The zero-order valence-corrected chi connectivity index (χ0v) is 9.50. The van der Waals surface area contributed by atoms with E-state index in [1.54, 1.807) is 13.0 Å². The van der Waals surface area contributed by atoms with Crippen molar-refractivity contribution in [1.29, 1.82) is 5.26 Å². The van der Waals surface area contributed by atoms with E-state index in [1.807, 2.05) is 4.98 Å². The third-order valence-electron chi connectivity index (χ3n) is 2.14. The Bertz CT molecular complexity index is 546. The highest BCUT2D eigenvalue weighted by atomic mass is 19.3. The lowest BCUT2D eigenvalue weighted by atomic mass is 10.1. The van der Waals surface area contributed by atoms with E-state index in [-0.39, 0.29) is 17.7 Å². The second kappa shape index (κ2) is 5.91. The zero-order chi connectivity index (χ0) is 13.7. The van der Waals surface area contributed by atoms with Crippen LogP contribution in [0.5, 0.6) is 0 Å². The van der Waals surface area contributed by atoms with Gasteiger partial charge in [-0.25, -0.2) is 8.78 Å². The van der Waals surface area contributed by atoms with Gasteiger partial charge in [-0.2, -0.15) is 5.26 Å². The molecule has 0 aliphatic rings. The minimum atomic E-state index is -2.94. The normalized spacial score (nSPS) is 10.2. The number of rotatable bonds is 4. The lowest BCUT2D eigenvalue weighted by molar-refractivity contribution is -0.142. The van der Waals surface area contributed by atoms with Crippen LogP contribution in [0.2, 0.25) is 0 Å². The number of hydrogen-bond acceptors (Lipinski definition) is 4. The summed E-state index contributed by atoms with van der Waals surface area (Å²) in [6.07, 6.45) is -3.35. The quantitative estimate of drug-likeness (QED) is 0.823. The highest BCUT2D eigenvalue weighted by Gasteiger charge is 2.19. The fourth-order valence-corrected chi connectivity index (χ4v) is 1.38. The standard InChI is InChI=1S/C11H10F2N2O3/c1-2-18-8(16)4-6-3-7(5-14)11(17)15-9(6)10(12)13/h3,10H,2,4H2,1H3,(H,15,17). The fourth-order valence-electron chi connectivity index (χ4n) is 1.38. The van der Waals surface area contributed by atoms with Crippen molar-refractivity contribution in [3.63, 3.8) is 0 Å². The van der Waals surface area contributed by atoms with Gasteiger partial charge in [-0.3, -0.25) is 9.59 Å². The smallest absolute Gasteiger partial charge is 0.310 e. The van der Waals surface area contributed by atoms with Crippen LogP contribution >= 0.6 is 0 Å². The molecule has 0 aromatic carbocycles. The molecule has 0 atom stereocenters. The number of hydrogen-bond donors (Lipinski definition) is 1. The summed E-state index contributed by atoms with van der Waals surface area (Å²) in [7, 11) is 0. The minimum Gasteiger partial charge on any atom is -0.466 e. The lowest BCUT2D eigenvalue weighted by Gasteiger charge is -2.08. The van der Waals surface area contributed by atoms with E-state index in [2.05, 4.69) is 4.74 Å². The van der Waals surface area contributed by atoms with Crippen molar-refractivity contribution >= 4 is 5.97 Å². The summed E-state index contributed by atoms with van der Waals surface area (Å²) >= 11 is 0. The number of halogens is 2. The van der Waals surface area contributed by atoms with Crippen LogP contribution in [0.4, 0.5) is 8.78 Å². The van der Waals surface area contributed by atoms with Crippen molar-refractivity contribution in [3.8, 4) is 6.07 Å². The molecule has 0 radical (unpaired) electrons. The van der Waals surface area contributed by atoms with Gasteiger partial charge in [0, 0.05) is 0 Å². The van der Waals surface area contributed by atoms with Crippen molar-refractivity contribution in [3.05, 3.63) is 33.2 Å². The van der Waals surface area contributed by atoms with Crippen LogP contribution < -0.4 is 5.56 Å². The average Bonchev–Trinajstić information content (AvgIpc) is 2.30. The maximum atomic E-state index is 12.7. The fraction of sp³-hybridized carbons (Fsp3) is 0.364. The monoisotopic (exact) mass is 256 g/mol. The zero-order valence-electron chi connectivity index (χ0n) is 9.50. The Morgan fingerprint density at radius 3 is 2.78 bits per heavy atom. The van der Waals surface area contributed by atoms with E-state index in [9.17, 15) is 18.4 Å². The SMILES string of the molecule is CCOC(=O)Cc1cc(C#N)c(=O)[nH]c1C(F)F. The van der Waals surface area contributed by atoms with E-state index in [0.29, 0.717) is 0 Å². The molecule has 0 fully saturated rings. The summed E-state index contributed by atoms with van der Waals surface area (Å²) in [6.45, 7) is 1.71. The van der Waals surface area contributed by atoms with Gasteiger partial charge in [-0.1, -0.05) is 0 Å². The molecule has 18 heavy (non-hydrogen) atoms. The molecule has 1 aromatic heterocycles. The summed E-state index contributed by atoms with van der Waals surface area (Å²) in [4.78, 5) is 24.3. The first-order valence-corrected chi connectivity index (χ1v) is 5.09. The molecule has 0 saturated carbocycles. The summed E-state index contributed by atoms with van der Waals surface area (Å²) in [5, 5.41) is 8.64. The van der Waals surface area contributed by atoms with Gasteiger partial charge in [0.1, 0.15) is 11.6 Å². The van der Waals surface area contributed by atoms with Crippen LogP contribution in [-0.2, 0) is 16.0 Å². The molecule has 96 valence electrons. The van der Waals surface area contributed by atoms with Gasteiger partial charge in [0.05, 0.1) is 18.7 Å². The van der Waals surface area contributed by atoms with E-state index in [4.69, 9.17) is 5.26 Å². The van der Waals surface area contributed by atoms with Gasteiger partial charge in [0.2, 0.25) is 0 Å². The molecule has 0 saturated heterocycles. The van der Waals surface area contributed by atoms with Crippen LogP contribution in [0.15, 0.2) is 10.9 Å². The topological polar surface area (TPSA) is 82.9 Å². The van der Waals surface area contributed by atoms with Gasteiger partial charge in [0.15, 0.2) is 0 Å². The van der Waals surface area contributed by atoms with Crippen LogP contribution in [0.25, 0.3) is 0 Å². The van der Waals surface area contributed by atoms with Crippen LogP contribution in [-0.4, -0.2) is 17.6 Å². The third-order valence-corrected chi connectivity index (χ3v) is 2.14. The first kappa shape index (κ1) is 13.8. The number of esters is 1. The maximum absolute atomic E-state index is 12.7. The first-order valence-electron chi connectivity index (χ1n) is 5.09. The number of H-pyrrole nitrogens is 1. The summed E-state index contributed by atoms with van der Waals surface area (Å²) < 4.78 is 30.0. The number of carbonyl (C=O) groups excluding carboxylic acids is 1. The van der Waals surface area contributed by atoms with Gasteiger partial charge in [-0.05, 0) is 18.6 Å². The van der Waals surface area contributed by atoms with Gasteiger partial charge < -0.3 is 9.72 Å². The number of aromatic amines is 1. The average molecular weight is 256 g/mol. The van der Waals surface area contributed by atoms with Crippen molar-refractivity contribution in [2.45, 2.75) is 19.8 Å². The van der Waals surface area contributed by atoms with E-state index in [0.717, 1.165) is 6.07 Å². The Morgan fingerprint density at radius 1 is 1.61 bits per heavy atom. The van der Waals surface area contributed by atoms with Gasteiger partial charge in [0.25, 0.3) is 12.0 Å². The Kier molecular flexibility index (Phi) is 4.54. The van der Waals surface area contributed by atoms with E-state index >= 15 is 0 Å². The maximum Gasteiger partial charge on any atom is 0.310 e. The van der Waals surface area contributed by atoms with E-state index < -0.39 is 30.1 Å². The highest BCUT2D eigenvalue weighted by molar-refractivity contribution is 5.73. The molecular weight excluding hydrogens is 246 g/mol. The molecule has 0 aliphatic heterocycles. The van der Waals surface area contributed by atoms with Crippen molar-refractivity contribution in [1.82, 2.24) is 4.98 Å². The lowest BCUT2D eigenvalue weighted by Crippen LogP contribution is -2.18. The molecule has 0 bridgehead atoms. The van der Waals surface area contributed by atoms with Gasteiger partial charge in [-0.15, -0.1) is 0 Å². The molecule has 0 aliphatic carbocycles. The molecule has 0 spiro atoms. The minimum absolute atomic E-state index is 0.111. The van der Waals surface area contributed by atoms with Crippen molar-refractivity contribution in [2.75, 3.05) is 6.61 Å². The summed E-state index contributed by atoms with van der Waals surface area (Å²) in [6, 6.07) is 2.55. The van der Waals surface area contributed by atoms with Crippen LogP contribution in [0.1, 0.15) is 30.2 Å². The number of alkyl halides is 2. The number of nitrogens with one attached hydrogen (secondary N) is 1. The summed E-state index contributed by atoms with van der Waals surface area (Å²) in [5.41, 5.74) is -1.99. The van der Waals surface area contributed by atoms with Crippen molar-refractivity contribution in [2.24, 2.45) is 0 Å². The second-order valence-corrected chi connectivity index (χ2v) is 3.35. The molecular formula is C11H10F2N2O3. The van der Waals surface area contributed by atoms with Crippen LogP contribution in [0, 0.1) is 11.3 Å². The molecule has 7 heteroatoms. The number of nitriles is 1. The van der Waals surface area contributed by atoms with Gasteiger partial charge >= 0.3 is 5.97 Å². The molecule has 1 aromatic rings. The van der Waals surface area contributed by atoms with Crippen LogP contribution in [0.3, 0.4) is 0 Å². The molecule has 0 amide bonds. The number of pyridine rings is 1. The predicted molar refractivity (Wildman–Crippen MR) is 57.1 cm³/mol. The number of carbonyl (C=O) groups is 1. The first-order chi connectivity index (χ1) is 8.49. The highest BCUT2D eigenvalue weighted by Crippen LogP contribution is 2.20. The third kappa shape index (κ3) is 3.13. The molecule has 5 nitrogen and oxygen atoms in total. The number of aromatic nitrogens is 1. The number of ether oxygens (including phenoxy) is 1.